The van der Waals surface area contributed by atoms with Crippen LogP contribution in [0.1, 0.15) is 12.0 Å². The first kappa shape index (κ1) is 17.9. The predicted molar refractivity (Wildman–Crippen MR) is 106 cm³/mol. The van der Waals surface area contributed by atoms with Gasteiger partial charge in [-0.15, -0.1) is 0 Å². The monoisotopic (exact) mass is 373 g/mol. The molecule has 3 N–H and O–H groups in total. The number of nitriles is 1. The Morgan fingerprint density at radius 2 is 2.21 bits per heavy atom. The number of nitrogen functional groups attached to an aromatic ring is 1. The predicted octanol–water partition coefficient (Wildman–Crippen LogP) is 3.12. The number of hydrogen-bond donors (Lipinski definition) is 2. The SMILES string of the molecule is COCc1ccccc1-c1cc2cc(NC(=O)[C@H]3C[C@@H]3C#N)ncc2c(N)n1. The summed E-state index contributed by atoms with van der Waals surface area (Å²) in [4.78, 5) is 21.0. The molecule has 1 aliphatic carbocycles. The zero-order chi connectivity index (χ0) is 19.7. The number of benzene rings is 1. The van der Waals surface area contributed by atoms with Gasteiger partial charge in [0, 0.05) is 24.3 Å². The molecule has 3 aromatic rings. The highest BCUT2D eigenvalue weighted by Crippen LogP contribution is 2.38. The van der Waals surface area contributed by atoms with Gasteiger partial charge in [0.2, 0.25) is 5.91 Å². The van der Waals surface area contributed by atoms with Gasteiger partial charge in [-0.3, -0.25) is 4.79 Å². The Kier molecular flexibility index (Phi) is 4.63. The lowest BCUT2D eigenvalue weighted by Gasteiger charge is -2.11. The van der Waals surface area contributed by atoms with Crippen LogP contribution in [0.2, 0.25) is 0 Å². The molecule has 1 aliphatic rings. The Hall–Kier alpha value is -3.50. The third-order valence-electron chi connectivity index (χ3n) is 4.88. The Balaban J connectivity index is 1.69. The molecule has 1 saturated carbocycles. The van der Waals surface area contributed by atoms with Gasteiger partial charge < -0.3 is 15.8 Å². The number of methoxy groups -OCH3 is 1. The van der Waals surface area contributed by atoms with Gasteiger partial charge in [0.15, 0.2) is 0 Å². The van der Waals surface area contributed by atoms with Gasteiger partial charge in [-0.05, 0) is 29.5 Å². The number of aromatic nitrogens is 2. The van der Waals surface area contributed by atoms with E-state index in [0.717, 1.165) is 22.2 Å². The number of fused-ring (bicyclic) bond motifs is 1. The van der Waals surface area contributed by atoms with Crippen molar-refractivity contribution in [1.29, 1.82) is 5.26 Å². The highest BCUT2D eigenvalue weighted by molar-refractivity contribution is 5.98. The highest BCUT2D eigenvalue weighted by atomic mass is 16.5. The maximum Gasteiger partial charge on any atom is 0.230 e. The zero-order valence-corrected chi connectivity index (χ0v) is 15.3. The van der Waals surface area contributed by atoms with Crippen molar-refractivity contribution in [2.75, 3.05) is 18.2 Å². The van der Waals surface area contributed by atoms with Crippen LogP contribution in [0.25, 0.3) is 22.0 Å². The quantitative estimate of drug-likeness (QED) is 0.710. The number of rotatable bonds is 5. The van der Waals surface area contributed by atoms with Gasteiger partial charge in [-0.1, -0.05) is 24.3 Å². The highest BCUT2D eigenvalue weighted by Gasteiger charge is 2.43. The smallest absolute Gasteiger partial charge is 0.230 e. The molecule has 2 aromatic heterocycles. The van der Waals surface area contributed by atoms with Gasteiger partial charge in [0.05, 0.1) is 30.2 Å². The van der Waals surface area contributed by atoms with Gasteiger partial charge in [-0.2, -0.15) is 5.26 Å². The van der Waals surface area contributed by atoms with Crippen molar-refractivity contribution in [1.82, 2.24) is 9.97 Å². The summed E-state index contributed by atoms with van der Waals surface area (Å²) in [5.74, 6) is 0.191. The van der Waals surface area contributed by atoms with Crippen LogP contribution in [0.15, 0.2) is 42.6 Å². The molecule has 0 aliphatic heterocycles. The maximum atomic E-state index is 12.2. The number of nitrogens with one attached hydrogen (secondary N) is 1. The fourth-order valence-corrected chi connectivity index (χ4v) is 3.28. The summed E-state index contributed by atoms with van der Waals surface area (Å²) in [5, 5.41) is 13.2. The minimum absolute atomic E-state index is 0.175. The van der Waals surface area contributed by atoms with E-state index in [2.05, 4.69) is 21.4 Å². The third kappa shape index (κ3) is 3.38. The van der Waals surface area contributed by atoms with Crippen LogP contribution in [-0.2, 0) is 16.1 Å². The van der Waals surface area contributed by atoms with E-state index in [9.17, 15) is 4.79 Å². The molecule has 1 fully saturated rings. The van der Waals surface area contributed by atoms with Gasteiger partial charge in [-0.25, -0.2) is 9.97 Å². The standard InChI is InChI=1S/C21H19N5O2/c1-28-11-12-4-2-3-5-15(12)18-7-13-8-19(24-10-17(13)20(23)25-18)26-21(27)16-6-14(16)9-22/h2-5,7-8,10,14,16H,6,11H2,1H3,(H2,23,25)(H,24,26,27)/t14-,16+/m1/s1. The Labute approximate surface area is 162 Å². The normalized spacial score (nSPS) is 17.9. The first-order valence-electron chi connectivity index (χ1n) is 8.94. The van der Waals surface area contributed by atoms with Crippen LogP contribution >= 0.6 is 0 Å². The van der Waals surface area contributed by atoms with Gasteiger partial charge in [0.25, 0.3) is 0 Å². The van der Waals surface area contributed by atoms with E-state index in [4.69, 9.17) is 15.7 Å². The first-order chi connectivity index (χ1) is 13.6. The lowest BCUT2D eigenvalue weighted by Crippen LogP contribution is -2.15. The minimum Gasteiger partial charge on any atom is -0.383 e. The van der Waals surface area contributed by atoms with E-state index in [1.54, 1.807) is 19.4 Å². The summed E-state index contributed by atoms with van der Waals surface area (Å²) in [6, 6.07) is 13.7. The Bertz CT molecular complexity index is 1110. The summed E-state index contributed by atoms with van der Waals surface area (Å²) in [7, 11) is 1.65. The lowest BCUT2D eigenvalue weighted by molar-refractivity contribution is -0.117. The van der Waals surface area contributed by atoms with Crippen molar-refractivity contribution in [2.24, 2.45) is 11.8 Å². The van der Waals surface area contributed by atoms with Crippen LogP contribution in [-0.4, -0.2) is 23.0 Å². The molecule has 7 nitrogen and oxygen atoms in total. The number of ether oxygens (including phenoxy) is 1. The fourth-order valence-electron chi connectivity index (χ4n) is 3.28. The first-order valence-corrected chi connectivity index (χ1v) is 8.94. The van der Waals surface area contributed by atoms with E-state index in [1.807, 2.05) is 30.3 Å². The van der Waals surface area contributed by atoms with Crippen LogP contribution < -0.4 is 11.1 Å². The molecule has 7 heteroatoms. The van der Waals surface area contributed by atoms with E-state index in [-0.39, 0.29) is 17.7 Å². The van der Waals surface area contributed by atoms with Crippen molar-refractivity contribution >= 4 is 28.3 Å². The lowest BCUT2D eigenvalue weighted by atomic mass is 10.0. The molecular weight excluding hydrogens is 354 g/mol. The number of anilines is 2. The van der Waals surface area contributed by atoms with Crippen LogP contribution in [0, 0.1) is 23.2 Å². The second kappa shape index (κ2) is 7.25. The minimum atomic E-state index is -0.249. The average molecular weight is 373 g/mol. The molecule has 2 atom stereocenters. The molecule has 4 rings (SSSR count). The van der Waals surface area contributed by atoms with Crippen molar-refractivity contribution in [3.8, 4) is 17.3 Å². The van der Waals surface area contributed by atoms with Gasteiger partial charge in [0.1, 0.15) is 11.6 Å². The Morgan fingerprint density at radius 3 is 2.96 bits per heavy atom. The fraction of sp³-hybridized carbons (Fsp3) is 0.238. The van der Waals surface area contributed by atoms with E-state index in [0.29, 0.717) is 30.0 Å². The summed E-state index contributed by atoms with van der Waals surface area (Å²) < 4.78 is 5.28. The molecule has 0 radical (unpaired) electrons. The van der Waals surface area contributed by atoms with E-state index < -0.39 is 0 Å². The summed E-state index contributed by atoms with van der Waals surface area (Å²) >= 11 is 0. The second-order valence-electron chi connectivity index (χ2n) is 6.84. The molecule has 0 unspecified atom stereocenters. The summed E-state index contributed by atoms with van der Waals surface area (Å²) in [6.45, 7) is 0.467. The Morgan fingerprint density at radius 1 is 1.39 bits per heavy atom. The van der Waals surface area contributed by atoms with E-state index >= 15 is 0 Å². The maximum absolute atomic E-state index is 12.2. The molecule has 0 spiro atoms. The number of nitrogens with zero attached hydrogens (tertiary/aromatic N) is 3. The number of carbonyl (C=O) groups is 1. The van der Waals surface area contributed by atoms with E-state index in [1.165, 1.54) is 0 Å². The van der Waals surface area contributed by atoms with Crippen molar-refractivity contribution < 1.29 is 9.53 Å². The number of pyridine rings is 2. The van der Waals surface area contributed by atoms with Crippen LogP contribution in [0.4, 0.5) is 11.6 Å². The molecule has 0 bridgehead atoms. The van der Waals surface area contributed by atoms with Crippen LogP contribution in [0.3, 0.4) is 0 Å². The number of hydrogen-bond acceptors (Lipinski definition) is 6. The number of carbonyl (C=O) groups excluding carboxylic acids is 1. The number of amides is 1. The molecule has 1 aromatic carbocycles. The average Bonchev–Trinajstić information content (AvgIpc) is 3.48. The largest absolute Gasteiger partial charge is 0.383 e. The van der Waals surface area contributed by atoms with Crippen molar-refractivity contribution in [2.45, 2.75) is 13.0 Å². The van der Waals surface area contributed by atoms with Gasteiger partial charge >= 0.3 is 0 Å². The number of nitrogens with two attached hydrogens (primary N) is 1. The zero-order valence-electron chi connectivity index (χ0n) is 15.3. The van der Waals surface area contributed by atoms with Crippen LogP contribution in [0.5, 0.6) is 0 Å². The van der Waals surface area contributed by atoms with Crippen molar-refractivity contribution in [3.05, 3.63) is 48.2 Å². The molecule has 0 saturated heterocycles. The summed E-state index contributed by atoms with van der Waals surface area (Å²) in [5.41, 5.74) is 8.84. The van der Waals surface area contributed by atoms with Crippen molar-refractivity contribution in [3.63, 3.8) is 0 Å². The molecule has 140 valence electrons. The molecule has 2 heterocycles. The molecular formula is C21H19N5O2. The molecule has 1 amide bonds. The summed E-state index contributed by atoms with van der Waals surface area (Å²) in [6.07, 6.45) is 2.21. The molecule has 28 heavy (non-hydrogen) atoms. The second-order valence-corrected chi connectivity index (χ2v) is 6.84. The topological polar surface area (TPSA) is 114 Å². The third-order valence-corrected chi connectivity index (χ3v) is 4.88.